The lowest BCUT2D eigenvalue weighted by Gasteiger charge is -2.48. The molecule has 4 rings (SSSR count). The Kier molecular flexibility index (Phi) is 8.58. The van der Waals surface area contributed by atoms with Crippen LogP contribution in [0.2, 0.25) is 0 Å². The number of halogens is 3. The van der Waals surface area contributed by atoms with E-state index in [9.17, 15) is 27.6 Å². The van der Waals surface area contributed by atoms with E-state index in [0.717, 1.165) is 10.6 Å². The Balaban J connectivity index is 1.36. The molecule has 1 fully saturated rings. The highest BCUT2D eigenvalue weighted by Gasteiger charge is 2.39. The number of carbonyl (C=O) groups is 2. The van der Waals surface area contributed by atoms with Crippen molar-refractivity contribution in [3.05, 3.63) is 82.7 Å². The van der Waals surface area contributed by atoms with E-state index >= 15 is 0 Å². The summed E-state index contributed by atoms with van der Waals surface area (Å²) in [6.45, 7) is 5.76. The topological polar surface area (TPSA) is 96.8 Å². The van der Waals surface area contributed by atoms with Crippen molar-refractivity contribution in [3.8, 4) is 11.5 Å². The van der Waals surface area contributed by atoms with Gasteiger partial charge in [-0.3, -0.25) is 19.3 Å². The summed E-state index contributed by atoms with van der Waals surface area (Å²) in [5, 5.41) is 2.78. The zero-order chi connectivity index (χ0) is 29.0. The smallest absolute Gasteiger partial charge is 0.256 e. The van der Waals surface area contributed by atoms with E-state index < -0.39 is 30.1 Å². The highest BCUT2D eigenvalue weighted by Crippen LogP contribution is 2.26. The SMILES string of the molecule is C[C@@H](C(=O)Nc1ccc(Oc2ccc(F)cc2)cn1)N1CCN(C(=O)c2ccc(=O)n(CC(F)F)c2)C(C)(C)C1. The van der Waals surface area contributed by atoms with Crippen molar-refractivity contribution in [2.75, 3.05) is 25.0 Å². The van der Waals surface area contributed by atoms with Crippen LogP contribution in [0, 0.1) is 5.82 Å². The fourth-order valence-corrected chi connectivity index (χ4v) is 4.55. The number of hydrogen-bond donors (Lipinski definition) is 1. The summed E-state index contributed by atoms with van der Waals surface area (Å²) in [6, 6.07) is 10.7. The van der Waals surface area contributed by atoms with Crippen molar-refractivity contribution in [2.24, 2.45) is 0 Å². The number of benzene rings is 1. The zero-order valence-electron chi connectivity index (χ0n) is 22.3. The maximum absolute atomic E-state index is 13.3. The Bertz CT molecular complexity index is 1410. The van der Waals surface area contributed by atoms with Crippen LogP contribution in [0.1, 0.15) is 31.1 Å². The molecule has 9 nitrogen and oxygen atoms in total. The predicted molar refractivity (Wildman–Crippen MR) is 142 cm³/mol. The molecule has 0 unspecified atom stereocenters. The van der Waals surface area contributed by atoms with Gasteiger partial charge in [-0.15, -0.1) is 0 Å². The van der Waals surface area contributed by atoms with Gasteiger partial charge >= 0.3 is 0 Å². The first kappa shape index (κ1) is 28.8. The standard InChI is InChI=1S/C28H30F3N5O4/c1-18(26(38)33-24-10-9-22(14-32-24)40-21-7-5-20(29)6-8-21)34-12-13-36(28(2,3)17-34)27(39)19-4-11-25(37)35(15-19)16-23(30)31/h4-11,14-15,18,23H,12-13,16-17H2,1-3H3,(H,32,33,38)/t18-/m0/s1. The van der Waals surface area contributed by atoms with Gasteiger partial charge in [0.15, 0.2) is 0 Å². The summed E-state index contributed by atoms with van der Waals surface area (Å²) in [5.41, 5.74) is -1.15. The number of alkyl halides is 2. The lowest BCUT2D eigenvalue weighted by molar-refractivity contribution is -0.122. The molecule has 1 saturated heterocycles. The van der Waals surface area contributed by atoms with Gasteiger partial charge in [-0.2, -0.15) is 0 Å². The number of nitrogens with zero attached hydrogens (tertiary/aromatic N) is 4. The minimum Gasteiger partial charge on any atom is -0.456 e. The number of carbonyl (C=O) groups excluding carboxylic acids is 2. The molecule has 1 aromatic carbocycles. The number of pyridine rings is 2. The molecule has 1 aliphatic heterocycles. The van der Waals surface area contributed by atoms with Crippen LogP contribution in [-0.2, 0) is 11.3 Å². The molecule has 2 amide bonds. The Morgan fingerprint density at radius 3 is 2.38 bits per heavy atom. The minimum atomic E-state index is -2.72. The Morgan fingerprint density at radius 1 is 1.05 bits per heavy atom. The van der Waals surface area contributed by atoms with Crippen molar-refractivity contribution in [2.45, 2.75) is 45.3 Å². The third kappa shape index (κ3) is 6.87. The van der Waals surface area contributed by atoms with E-state index in [1.165, 1.54) is 42.7 Å². The number of nitrogens with one attached hydrogen (secondary N) is 1. The van der Waals surface area contributed by atoms with Gasteiger partial charge in [-0.1, -0.05) is 0 Å². The van der Waals surface area contributed by atoms with E-state index in [0.29, 0.717) is 37.0 Å². The van der Waals surface area contributed by atoms with Gasteiger partial charge < -0.3 is 19.5 Å². The molecule has 12 heteroatoms. The minimum absolute atomic E-state index is 0.144. The maximum Gasteiger partial charge on any atom is 0.256 e. The molecule has 40 heavy (non-hydrogen) atoms. The Morgan fingerprint density at radius 2 is 1.75 bits per heavy atom. The normalized spacial score (nSPS) is 16.0. The first-order valence-corrected chi connectivity index (χ1v) is 12.7. The molecule has 0 aliphatic carbocycles. The van der Waals surface area contributed by atoms with Crippen molar-refractivity contribution >= 4 is 17.6 Å². The number of ether oxygens (including phenoxy) is 1. The first-order valence-electron chi connectivity index (χ1n) is 12.7. The first-order chi connectivity index (χ1) is 18.9. The van der Waals surface area contributed by atoms with Crippen LogP contribution in [-0.4, -0.2) is 68.8 Å². The largest absolute Gasteiger partial charge is 0.456 e. The van der Waals surface area contributed by atoms with Gasteiger partial charge in [0.25, 0.3) is 17.9 Å². The second-order valence-corrected chi connectivity index (χ2v) is 10.1. The predicted octanol–water partition coefficient (Wildman–Crippen LogP) is 4.00. The number of piperazine rings is 1. The number of anilines is 1. The molecule has 1 atom stereocenters. The summed E-state index contributed by atoms with van der Waals surface area (Å²) in [6.07, 6.45) is -0.113. The van der Waals surface area contributed by atoms with Crippen LogP contribution in [0.4, 0.5) is 19.0 Å². The summed E-state index contributed by atoms with van der Waals surface area (Å²) in [5.74, 6) is 0.166. The van der Waals surface area contributed by atoms with Gasteiger partial charge in [0.2, 0.25) is 5.91 Å². The summed E-state index contributed by atoms with van der Waals surface area (Å²) < 4.78 is 45.2. The Hall–Kier alpha value is -4.19. The van der Waals surface area contributed by atoms with Crippen molar-refractivity contribution in [3.63, 3.8) is 0 Å². The molecule has 3 heterocycles. The van der Waals surface area contributed by atoms with Crippen molar-refractivity contribution in [1.82, 2.24) is 19.4 Å². The van der Waals surface area contributed by atoms with E-state index in [1.54, 1.807) is 24.0 Å². The van der Waals surface area contributed by atoms with Crippen LogP contribution < -0.4 is 15.6 Å². The van der Waals surface area contributed by atoms with Gasteiger partial charge in [0.1, 0.15) is 23.1 Å². The summed E-state index contributed by atoms with van der Waals surface area (Å²) in [4.78, 5) is 45.9. The van der Waals surface area contributed by atoms with E-state index in [2.05, 4.69) is 10.3 Å². The molecule has 1 aliphatic rings. The molecular formula is C28H30F3N5O4. The average Bonchev–Trinajstić information content (AvgIpc) is 2.90. The second kappa shape index (κ2) is 11.9. The van der Waals surface area contributed by atoms with Crippen molar-refractivity contribution in [1.29, 1.82) is 0 Å². The maximum atomic E-state index is 13.3. The zero-order valence-corrected chi connectivity index (χ0v) is 22.3. The molecule has 0 spiro atoms. The molecule has 212 valence electrons. The molecular weight excluding hydrogens is 527 g/mol. The van der Waals surface area contributed by atoms with Crippen LogP contribution >= 0.6 is 0 Å². The van der Waals surface area contributed by atoms with Crippen LogP contribution in [0.15, 0.2) is 65.7 Å². The Labute approximate surface area is 229 Å². The third-order valence-electron chi connectivity index (χ3n) is 6.71. The molecule has 0 bridgehead atoms. The van der Waals surface area contributed by atoms with Gasteiger partial charge in [0.05, 0.1) is 29.9 Å². The van der Waals surface area contributed by atoms with Gasteiger partial charge in [0, 0.05) is 31.9 Å². The van der Waals surface area contributed by atoms with Gasteiger partial charge in [-0.25, -0.2) is 18.2 Å². The molecule has 1 N–H and O–H groups in total. The van der Waals surface area contributed by atoms with Crippen LogP contribution in [0.25, 0.3) is 0 Å². The van der Waals surface area contributed by atoms with E-state index in [-0.39, 0.29) is 23.2 Å². The van der Waals surface area contributed by atoms with Crippen molar-refractivity contribution < 1.29 is 27.5 Å². The highest BCUT2D eigenvalue weighted by molar-refractivity contribution is 5.95. The number of rotatable bonds is 8. The lowest BCUT2D eigenvalue weighted by atomic mass is 9.96. The number of amides is 2. The molecule has 3 aromatic rings. The lowest BCUT2D eigenvalue weighted by Crippen LogP contribution is -2.63. The number of aromatic nitrogens is 2. The highest BCUT2D eigenvalue weighted by atomic mass is 19.3. The van der Waals surface area contributed by atoms with Crippen LogP contribution in [0.5, 0.6) is 11.5 Å². The fraction of sp³-hybridized carbons (Fsp3) is 0.357. The molecule has 0 saturated carbocycles. The summed E-state index contributed by atoms with van der Waals surface area (Å²) >= 11 is 0. The summed E-state index contributed by atoms with van der Waals surface area (Å²) in [7, 11) is 0. The third-order valence-corrected chi connectivity index (χ3v) is 6.71. The fourth-order valence-electron chi connectivity index (χ4n) is 4.55. The van der Waals surface area contributed by atoms with E-state index in [1.807, 2.05) is 18.7 Å². The molecule has 2 aromatic heterocycles. The molecule has 0 radical (unpaired) electrons. The average molecular weight is 558 g/mol. The second-order valence-electron chi connectivity index (χ2n) is 10.1. The van der Waals surface area contributed by atoms with Crippen LogP contribution in [0.3, 0.4) is 0 Å². The quantitative estimate of drug-likeness (QED) is 0.450. The number of hydrogen-bond acceptors (Lipinski definition) is 6. The van der Waals surface area contributed by atoms with E-state index in [4.69, 9.17) is 4.74 Å². The monoisotopic (exact) mass is 557 g/mol. The van der Waals surface area contributed by atoms with Gasteiger partial charge in [-0.05, 0) is 63.2 Å².